The normalized spacial score (nSPS) is 31.3. The van der Waals surface area contributed by atoms with Crippen LogP contribution in [-0.2, 0) is 16.1 Å². The molecule has 0 unspecified atom stereocenters. The third-order valence-electron chi connectivity index (χ3n) is 4.96. The fraction of sp³-hybridized carbons (Fsp3) is 0.667. The molecule has 0 radical (unpaired) electrons. The Morgan fingerprint density at radius 3 is 2.85 bits per heavy atom. The van der Waals surface area contributed by atoms with E-state index in [9.17, 15) is 0 Å². The van der Waals surface area contributed by atoms with Gasteiger partial charge in [-0.1, -0.05) is 50.5 Å². The van der Waals surface area contributed by atoms with E-state index in [1.54, 1.807) is 0 Å². The van der Waals surface area contributed by atoms with E-state index >= 15 is 0 Å². The lowest BCUT2D eigenvalue weighted by molar-refractivity contribution is -0.0215. The minimum atomic E-state index is 0.0812. The van der Waals surface area contributed by atoms with Gasteiger partial charge in [0.05, 0.1) is 18.8 Å². The van der Waals surface area contributed by atoms with E-state index in [-0.39, 0.29) is 5.60 Å². The monoisotopic (exact) mass is 274 g/mol. The molecule has 1 aliphatic heterocycles. The van der Waals surface area contributed by atoms with Crippen molar-refractivity contribution < 1.29 is 9.47 Å². The second-order valence-electron chi connectivity index (χ2n) is 6.32. The summed E-state index contributed by atoms with van der Waals surface area (Å²) in [5.41, 5.74) is 2.71. The summed E-state index contributed by atoms with van der Waals surface area (Å²) in [6.07, 6.45) is 8.19. The smallest absolute Gasteiger partial charge is 0.121 e. The van der Waals surface area contributed by atoms with Crippen LogP contribution in [0.1, 0.15) is 56.6 Å². The first-order valence-corrected chi connectivity index (χ1v) is 8.10. The van der Waals surface area contributed by atoms with Gasteiger partial charge in [0.1, 0.15) is 5.60 Å². The molecule has 2 aliphatic rings. The molecule has 3 rings (SSSR count). The molecule has 1 saturated heterocycles. The van der Waals surface area contributed by atoms with Crippen LogP contribution in [0.4, 0.5) is 0 Å². The first kappa shape index (κ1) is 14.1. The lowest BCUT2D eigenvalue weighted by atomic mass is 9.96. The van der Waals surface area contributed by atoms with E-state index in [1.165, 1.54) is 49.7 Å². The number of unbranched alkanes of at least 4 members (excludes halogenated alkanes) is 2. The van der Waals surface area contributed by atoms with Crippen molar-refractivity contribution in [1.29, 1.82) is 0 Å². The van der Waals surface area contributed by atoms with Crippen LogP contribution in [0, 0.1) is 6.92 Å². The lowest BCUT2D eigenvalue weighted by Crippen LogP contribution is -2.30. The van der Waals surface area contributed by atoms with E-state index in [0.717, 1.165) is 6.61 Å². The fourth-order valence-corrected chi connectivity index (χ4v) is 3.58. The van der Waals surface area contributed by atoms with E-state index in [2.05, 4.69) is 38.1 Å². The lowest BCUT2D eigenvalue weighted by Gasteiger charge is -2.22. The minimum Gasteiger partial charge on any atom is -0.370 e. The maximum atomic E-state index is 6.23. The molecule has 0 amide bonds. The molecule has 0 spiro atoms. The summed E-state index contributed by atoms with van der Waals surface area (Å²) in [7, 11) is 0. The standard InChI is InChI=1S/C18H26O2/c1-3-4-7-12-18-16(10-11-17(18)20-18)19-13-15-9-6-5-8-14(15)2/h5-6,8-9,16-17H,3-4,7,10-13H2,1-2H3/t16-,17-,18+/m1/s1. The molecule has 0 bridgehead atoms. The summed E-state index contributed by atoms with van der Waals surface area (Å²) in [5.74, 6) is 0. The molecule has 110 valence electrons. The van der Waals surface area contributed by atoms with Crippen LogP contribution in [-0.4, -0.2) is 17.8 Å². The van der Waals surface area contributed by atoms with Crippen LogP contribution in [0.15, 0.2) is 24.3 Å². The summed E-state index contributed by atoms with van der Waals surface area (Å²) in [5, 5.41) is 0. The quantitative estimate of drug-likeness (QED) is 0.543. The zero-order valence-electron chi connectivity index (χ0n) is 12.7. The summed E-state index contributed by atoms with van der Waals surface area (Å²) in [6, 6.07) is 8.49. The van der Waals surface area contributed by atoms with Crippen LogP contribution >= 0.6 is 0 Å². The zero-order chi connectivity index (χ0) is 14.0. The Morgan fingerprint density at radius 1 is 1.25 bits per heavy atom. The number of epoxide rings is 1. The highest BCUT2D eigenvalue weighted by Gasteiger charge is 2.65. The van der Waals surface area contributed by atoms with E-state index in [4.69, 9.17) is 9.47 Å². The van der Waals surface area contributed by atoms with Crippen LogP contribution in [0.25, 0.3) is 0 Å². The van der Waals surface area contributed by atoms with Gasteiger partial charge >= 0.3 is 0 Å². The van der Waals surface area contributed by atoms with Crippen molar-refractivity contribution in [1.82, 2.24) is 0 Å². The topological polar surface area (TPSA) is 21.8 Å². The SMILES string of the molecule is CCCCC[C@@]12O[C@@H]1CC[C@H]2OCc1ccccc1C. The van der Waals surface area contributed by atoms with Gasteiger partial charge in [0.15, 0.2) is 0 Å². The Hall–Kier alpha value is -0.860. The average molecular weight is 274 g/mol. The van der Waals surface area contributed by atoms with E-state index < -0.39 is 0 Å². The first-order chi connectivity index (χ1) is 9.76. The van der Waals surface area contributed by atoms with E-state index in [0.29, 0.717) is 12.2 Å². The largest absolute Gasteiger partial charge is 0.370 e. The Kier molecular flexibility index (Phi) is 4.13. The summed E-state index contributed by atoms with van der Waals surface area (Å²) >= 11 is 0. The molecule has 2 heteroatoms. The van der Waals surface area contributed by atoms with Crippen molar-refractivity contribution in [3.05, 3.63) is 35.4 Å². The van der Waals surface area contributed by atoms with Gasteiger partial charge < -0.3 is 9.47 Å². The van der Waals surface area contributed by atoms with Gasteiger partial charge in [0.2, 0.25) is 0 Å². The third-order valence-corrected chi connectivity index (χ3v) is 4.96. The molecular weight excluding hydrogens is 248 g/mol. The predicted octanol–water partition coefficient (Wildman–Crippen LogP) is 4.39. The van der Waals surface area contributed by atoms with Gasteiger partial charge in [-0.15, -0.1) is 0 Å². The van der Waals surface area contributed by atoms with Gasteiger partial charge in [-0.2, -0.15) is 0 Å². The molecule has 1 saturated carbocycles. The maximum Gasteiger partial charge on any atom is 0.121 e. The number of aryl methyl sites for hydroxylation is 1. The summed E-state index contributed by atoms with van der Waals surface area (Å²) < 4.78 is 12.2. The number of rotatable bonds is 7. The van der Waals surface area contributed by atoms with Crippen molar-refractivity contribution in [2.75, 3.05) is 0 Å². The van der Waals surface area contributed by atoms with E-state index in [1.807, 2.05) is 0 Å². The van der Waals surface area contributed by atoms with Gasteiger partial charge in [-0.05, 0) is 37.3 Å². The highest BCUT2D eigenvalue weighted by Crippen LogP contribution is 2.54. The van der Waals surface area contributed by atoms with Gasteiger partial charge in [0, 0.05) is 0 Å². The van der Waals surface area contributed by atoms with Gasteiger partial charge in [-0.25, -0.2) is 0 Å². The molecule has 0 aromatic heterocycles. The Labute approximate surface area is 122 Å². The third kappa shape index (κ3) is 2.64. The van der Waals surface area contributed by atoms with Crippen molar-refractivity contribution in [3.8, 4) is 0 Å². The Morgan fingerprint density at radius 2 is 2.10 bits per heavy atom. The fourth-order valence-electron chi connectivity index (χ4n) is 3.58. The molecule has 1 aliphatic carbocycles. The number of hydrogen-bond donors (Lipinski definition) is 0. The van der Waals surface area contributed by atoms with Crippen molar-refractivity contribution >= 4 is 0 Å². The van der Waals surface area contributed by atoms with Crippen LogP contribution in [0.2, 0.25) is 0 Å². The molecular formula is C18H26O2. The average Bonchev–Trinajstić information content (AvgIpc) is 3.06. The Bertz CT molecular complexity index is 456. The maximum absolute atomic E-state index is 6.23. The first-order valence-electron chi connectivity index (χ1n) is 8.10. The molecule has 3 atom stereocenters. The second kappa shape index (κ2) is 5.87. The number of ether oxygens (including phenoxy) is 2. The summed E-state index contributed by atoms with van der Waals surface area (Å²) in [4.78, 5) is 0. The molecule has 0 N–H and O–H groups in total. The van der Waals surface area contributed by atoms with Gasteiger partial charge in [0.25, 0.3) is 0 Å². The van der Waals surface area contributed by atoms with Crippen LogP contribution in [0.5, 0.6) is 0 Å². The molecule has 20 heavy (non-hydrogen) atoms. The van der Waals surface area contributed by atoms with Crippen LogP contribution < -0.4 is 0 Å². The predicted molar refractivity (Wildman–Crippen MR) is 80.7 cm³/mol. The van der Waals surface area contributed by atoms with Crippen molar-refractivity contribution in [2.24, 2.45) is 0 Å². The Balaban J connectivity index is 1.56. The molecule has 1 aromatic carbocycles. The number of hydrogen-bond acceptors (Lipinski definition) is 2. The van der Waals surface area contributed by atoms with Crippen LogP contribution in [0.3, 0.4) is 0 Å². The van der Waals surface area contributed by atoms with Crippen molar-refractivity contribution in [3.63, 3.8) is 0 Å². The number of benzene rings is 1. The summed E-state index contributed by atoms with van der Waals surface area (Å²) in [6.45, 7) is 5.13. The molecule has 2 fully saturated rings. The zero-order valence-corrected chi connectivity index (χ0v) is 12.7. The number of fused-ring (bicyclic) bond motifs is 1. The minimum absolute atomic E-state index is 0.0812. The highest BCUT2D eigenvalue weighted by molar-refractivity contribution is 5.25. The molecule has 1 aromatic rings. The molecule has 1 heterocycles. The highest BCUT2D eigenvalue weighted by atomic mass is 16.6. The van der Waals surface area contributed by atoms with Gasteiger partial charge in [-0.3, -0.25) is 0 Å². The second-order valence-corrected chi connectivity index (χ2v) is 6.32. The molecule has 2 nitrogen and oxygen atoms in total. The van der Waals surface area contributed by atoms with Crippen molar-refractivity contribution in [2.45, 2.75) is 76.8 Å².